The maximum Gasteiger partial charge on any atom is 0.425 e. The van der Waals surface area contributed by atoms with Crippen LogP contribution in [0.3, 0.4) is 0 Å². The minimum Gasteiger partial charge on any atom is -0.372 e. The van der Waals surface area contributed by atoms with Gasteiger partial charge in [-0.25, -0.2) is 9.07 Å². The Morgan fingerprint density at radius 1 is 1.03 bits per heavy atom. The predicted octanol–water partition coefficient (Wildman–Crippen LogP) is 5.05. The zero-order valence-corrected chi connectivity index (χ0v) is 19.6. The van der Waals surface area contributed by atoms with Gasteiger partial charge in [0.05, 0.1) is 17.4 Å². The number of para-hydroxylation sites is 1. The molecule has 1 atom stereocenters. The maximum atomic E-state index is 14.7. The molecule has 1 unspecified atom stereocenters. The number of fused-ring (bicyclic) bond motifs is 2. The smallest absolute Gasteiger partial charge is 0.372 e. The van der Waals surface area contributed by atoms with Crippen molar-refractivity contribution in [2.24, 2.45) is 0 Å². The third kappa shape index (κ3) is 4.13. The lowest BCUT2D eigenvalue weighted by Gasteiger charge is -2.31. The first-order valence-electron chi connectivity index (χ1n) is 11.5. The summed E-state index contributed by atoms with van der Waals surface area (Å²) < 4.78 is 60.5. The molecule has 6 nitrogen and oxygen atoms in total. The van der Waals surface area contributed by atoms with Crippen molar-refractivity contribution in [3.8, 4) is 5.69 Å². The molecule has 10 heteroatoms. The third-order valence-electron chi connectivity index (χ3n) is 6.50. The van der Waals surface area contributed by atoms with Crippen LogP contribution in [0.5, 0.6) is 0 Å². The summed E-state index contributed by atoms with van der Waals surface area (Å²) in [5.74, 6) is -0.679. The average molecular weight is 510 g/mol. The normalized spacial score (nSPS) is 13.7. The summed E-state index contributed by atoms with van der Waals surface area (Å²) >= 11 is 0. The van der Waals surface area contributed by atoms with Crippen molar-refractivity contribution in [1.82, 2.24) is 19.7 Å². The zero-order valence-electron chi connectivity index (χ0n) is 19.6. The summed E-state index contributed by atoms with van der Waals surface area (Å²) in [6.07, 6.45) is -2.35. The molecule has 37 heavy (non-hydrogen) atoms. The summed E-state index contributed by atoms with van der Waals surface area (Å²) in [4.78, 5) is 11.8. The van der Waals surface area contributed by atoms with Gasteiger partial charge in [-0.15, -0.1) is 0 Å². The summed E-state index contributed by atoms with van der Waals surface area (Å²) in [5.41, 5.74) is -2.55. The fourth-order valence-electron chi connectivity index (χ4n) is 4.58. The van der Waals surface area contributed by atoms with Crippen LogP contribution in [0.2, 0.25) is 0 Å². The van der Waals surface area contributed by atoms with E-state index in [0.29, 0.717) is 22.1 Å². The highest BCUT2D eigenvalue weighted by molar-refractivity contribution is 5.87. The number of rotatable bonds is 6. The van der Waals surface area contributed by atoms with E-state index in [0.717, 1.165) is 0 Å². The highest BCUT2D eigenvalue weighted by atomic mass is 19.4. The third-order valence-corrected chi connectivity index (χ3v) is 6.50. The maximum absolute atomic E-state index is 14.7. The molecule has 2 heterocycles. The number of aryl methyl sites for hydroxylation is 1. The Balaban J connectivity index is 1.65. The molecule has 0 spiro atoms. The SMILES string of the molecule is CNC(=O)CCn1cc(C(O)(c2ccc3c(cnn3-c3ccc(F)cc3)c2)C(F)(F)F)c2ccccc21. The van der Waals surface area contributed by atoms with Crippen molar-refractivity contribution >= 4 is 27.7 Å². The van der Waals surface area contributed by atoms with Gasteiger partial charge in [0.2, 0.25) is 11.5 Å². The van der Waals surface area contributed by atoms with Gasteiger partial charge in [-0.1, -0.05) is 24.3 Å². The number of hydrogen-bond donors (Lipinski definition) is 2. The van der Waals surface area contributed by atoms with Gasteiger partial charge in [0, 0.05) is 48.1 Å². The Hall–Kier alpha value is -4.18. The van der Waals surface area contributed by atoms with Gasteiger partial charge in [0.15, 0.2) is 0 Å². The number of aromatic nitrogens is 3. The lowest BCUT2D eigenvalue weighted by Crippen LogP contribution is -2.43. The molecule has 2 aromatic heterocycles. The number of halogens is 4. The van der Waals surface area contributed by atoms with E-state index in [9.17, 15) is 27.5 Å². The van der Waals surface area contributed by atoms with Gasteiger partial charge in [0.1, 0.15) is 5.82 Å². The minimum atomic E-state index is -5.07. The molecular weight excluding hydrogens is 488 g/mol. The molecule has 0 bridgehead atoms. The number of nitrogens with zero attached hydrogens (tertiary/aromatic N) is 3. The van der Waals surface area contributed by atoms with Crippen molar-refractivity contribution in [2.75, 3.05) is 7.05 Å². The van der Waals surface area contributed by atoms with Crippen LogP contribution in [0.25, 0.3) is 27.5 Å². The van der Waals surface area contributed by atoms with Crippen LogP contribution in [0.1, 0.15) is 17.5 Å². The number of aliphatic hydroxyl groups is 1. The molecule has 0 saturated heterocycles. The highest BCUT2D eigenvalue weighted by Gasteiger charge is 2.57. The van der Waals surface area contributed by atoms with Gasteiger partial charge in [-0.2, -0.15) is 18.3 Å². The van der Waals surface area contributed by atoms with E-state index in [1.165, 1.54) is 72.7 Å². The van der Waals surface area contributed by atoms with Crippen molar-refractivity contribution in [1.29, 1.82) is 0 Å². The van der Waals surface area contributed by atoms with Crippen molar-refractivity contribution in [2.45, 2.75) is 24.7 Å². The molecule has 1 amide bonds. The van der Waals surface area contributed by atoms with Gasteiger partial charge >= 0.3 is 6.18 Å². The van der Waals surface area contributed by atoms with Crippen molar-refractivity contribution < 1.29 is 27.5 Å². The summed E-state index contributed by atoms with van der Waals surface area (Å²) in [7, 11) is 1.48. The number of hydrogen-bond acceptors (Lipinski definition) is 3. The molecule has 0 fully saturated rings. The van der Waals surface area contributed by atoms with Gasteiger partial charge < -0.3 is 15.0 Å². The lowest BCUT2D eigenvalue weighted by molar-refractivity contribution is -0.247. The second-order valence-corrected chi connectivity index (χ2v) is 8.69. The van der Waals surface area contributed by atoms with E-state index in [-0.39, 0.29) is 35.4 Å². The first-order valence-corrected chi connectivity index (χ1v) is 11.5. The number of nitrogens with one attached hydrogen (secondary N) is 1. The molecule has 3 aromatic carbocycles. The Bertz CT molecular complexity index is 1600. The molecule has 0 aliphatic carbocycles. The highest BCUT2D eigenvalue weighted by Crippen LogP contribution is 2.47. The minimum absolute atomic E-state index is 0.0631. The summed E-state index contributed by atoms with van der Waals surface area (Å²) in [5, 5.41) is 18.8. The molecule has 0 radical (unpaired) electrons. The number of carbonyl (C=O) groups excluding carboxylic acids is 1. The van der Waals surface area contributed by atoms with E-state index in [4.69, 9.17) is 0 Å². The monoisotopic (exact) mass is 510 g/mol. The van der Waals surface area contributed by atoms with E-state index < -0.39 is 17.6 Å². The van der Waals surface area contributed by atoms with Crippen LogP contribution in [0, 0.1) is 5.82 Å². The molecule has 2 N–H and O–H groups in total. The molecular formula is C27H22F4N4O2. The number of benzene rings is 3. The van der Waals surface area contributed by atoms with Gasteiger partial charge in [0.25, 0.3) is 0 Å². The molecule has 0 aliphatic rings. The van der Waals surface area contributed by atoms with Gasteiger partial charge in [-0.3, -0.25) is 4.79 Å². The number of amides is 1. The van der Waals surface area contributed by atoms with E-state index in [1.54, 1.807) is 22.8 Å². The average Bonchev–Trinajstić information content (AvgIpc) is 3.48. The van der Waals surface area contributed by atoms with Crippen LogP contribution < -0.4 is 5.32 Å². The van der Waals surface area contributed by atoms with Crippen LogP contribution in [0.15, 0.2) is 79.1 Å². The second kappa shape index (κ2) is 9.04. The molecule has 0 saturated carbocycles. The van der Waals surface area contributed by atoms with E-state index >= 15 is 0 Å². The topological polar surface area (TPSA) is 72.1 Å². The number of carbonyl (C=O) groups is 1. The van der Waals surface area contributed by atoms with Crippen LogP contribution in [-0.2, 0) is 16.9 Å². The molecule has 0 aliphatic heterocycles. The first-order chi connectivity index (χ1) is 17.6. The quantitative estimate of drug-likeness (QED) is 0.314. The van der Waals surface area contributed by atoms with Crippen LogP contribution >= 0.6 is 0 Å². The fraction of sp³-hybridized carbons (Fsp3) is 0.185. The summed E-state index contributed by atoms with van der Waals surface area (Å²) in [6, 6.07) is 15.9. The Morgan fingerprint density at radius 3 is 2.46 bits per heavy atom. The van der Waals surface area contributed by atoms with Crippen LogP contribution in [0.4, 0.5) is 17.6 Å². The molecule has 5 rings (SSSR count). The summed E-state index contributed by atoms with van der Waals surface area (Å²) in [6.45, 7) is 0.137. The van der Waals surface area contributed by atoms with Crippen molar-refractivity contribution in [3.05, 3.63) is 96.1 Å². The lowest BCUT2D eigenvalue weighted by atomic mass is 9.85. The van der Waals surface area contributed by atoms with E-state index in [1.807, 2.05) is 0 Å². The van der Waals surface area contributed by atoms with Crippen LogP contribution in [-0.4, -0.2) is 38.6 Å². The molecule has 5 aromatic rings. The standard InChI is InChI=1S/C27H22F4N4O2/c1-32-25(36)12-13-34-16-22(21-4-2-3-5-24(21)34)26(37,27(29,30)31)18-6-11-23-17(14-18)15-33-35(23)20-9-7-19(28)8-10-20/h2-11,14-16,37H,12-13H2,1H3,(H,32,36). The Kier molecular flexibility index (Phi) is 5.99. The first kappa shape index (κ1) is 24.5. The Labute approximate surface area is 208 Å². The molecule has 190 valence electrons. The second-order valence-electron chi connectivity index (χ2n) is 8.69. The van der Waals surface area contributed by atoms with E-state index in [2.05, 4.69) is 10.4 Å². The Morgan fingerprint density at radius 2 is 1.76 bits per heavy atom. The fourth-order valence-corrected chi connectivity index (χ4v) is 4.58. The van der Waals surface area contributed by atoms with Gasteiger partial charge in [-0.05, 0) is 48.0 Å². The predicted molar refractivity (Wildman–Crippen MR) is 131 cm³/mol. The number of alkyl halides is 3. The largest absolute Gasteiger partial charge is 0.425 e. The zero-order chi connectivity index (χ0) is 26.4. The van der Waals surface area contributed by atoms with Crippen molar-refractivity contribution in [3.63, 3.8) is 0 Å².